The molecule has 0 saturated heterocycles. The van der Waals surface area contributed by atoms with Gasteiger partial charge >= 0.3 is 7.69 Å². The van der Waals surface area contributed by atoms with E-state index in [-0.39, 0.29) is 26.6 Å². The Morgan fingerprint density at radius 1 is 1.42 bits per heavy atom. The first-order chi connectivity index (χ1) is 5.88. The maximum Gasteiger partial charge on any atom is 0.435 e. The van der Waals surface area contributed by atoms with Gasteiger partial charge in [-0.15, -0.1) is 0 Å². The molecule has 0 spiro atoms. The largest absolute Gasteiger partial charge is 0.435 e. The Bertz CT molecular complexity index is 138. The molecule has 0 fully saturated rings. The van der Waals surface area contributed by atoms with E-state index in [9.17, 15) is 0 Å². The molecule has 68 valence electrons. The van der Waals surface area contributed by atoms with Crippen LogP contribution in [0.3, 0.4) is 0 Å². The molecule has 2 atom stereocenters. The van der Waals surface area contributed by atoms with Gasteiger partial charge in [-0.05, 0) is 12.8 Å². The van der Waals surface area contributed by atoms with Crippen molar-refractivity contribution in [3.05, 3.63) is 12.2 Å². The molecule has 1 rings (SSSR count). The smallest absolute Gasteiger partial charge is 0.430 e. The Morgan fingerprint density at radius 2 is 2.08 bits per heavy atom. The quantitative estimate of drug-likeness (QED) is 0.333. The highest BCUT2D eigenvalue weighted by atomic mass is 16.6. The topological polar surface area (TPSA) is 64.7 Å². The van der Waals surface area contributed by atoms with E-state index in [1.54, 1.807) is 0 Å². The first-order valence-electron chi connectivity index (χ1n) is 4.07. The van der Waals surface area contributed by atoms with Crippen molar-refractivity contribution < 1.29 is 14.4 Å². The number of ether oxygens (including phenoxy) is 1. The Kier molecular flexibility index (Phi) is 4.31. The average molecular weight is 171 g/mol. The summed E-state index contributed by atoms with van der Waals surface area (Å²) in [5.74, 6) is 0. The molecule has 0 saturated carbocycles. The lowest BCUT2D eigenvalue weighted by Crippen LogP contribution is -2.35. The second-order valence-electron chi connectivity index (χ2n) is 2.65. The van der Waals surface area contributed by atoms with Crippen LogP contribution in [0.25, 0.3) is 0 Å². The molecular weight excluding hydrogens is 157 g/mol. The fourth-order valence-corrected chi connectivity index (χ4v) is 1.33. The zero-order valence-corrected chi connectivity index (χ0v) is 6.98. The molecule has 1 aliphatic carbocycles. The van der Waals surface area contributed by atoms with E-state index < -0.39 is 0 Å². The van der Waals surface area contributed by atoms with Crippen molar-refractivity contribution in [1.29, 1.82) is 0 Å². The minimum atomic E-state index is -0.261. The summed E-state index contributed by atoms with van der Waals surface area (Å²) in [7, 11) is -0.261. The third kappa shape index (κ3) is 2.60. The highest BCUT2D eigenvalue weighted by Gasteiger charge is 2.22. The summed E-state index contributed by atoms with van der Waals surface area (Å²) in [5.41, 5.74) is 5.25. The Balaban J connectivity index is 2.39. The SMILES string of the molecule is NCOC1CC=CC[C@H]1OBO. The van der Waals surface area contributed by atoms with Crippen LogP contribution in [0.4, 0.5) is 0 Å². The summed E-state index contributed by atoms with van der Waals surface area (Å²) in [6.45, 7) is 0.198. The highest BCUT2D eigenvalue weighted by molar-refractivity contribution is 6.15. The Hall–Kier alpha value is -0.355. The van der Waals surface area contributed by atoms with Crippen LogP contribution >= 0.6 is 0 Å². The number of nitrogens with two attached hydrogens (primary N) is 1. The minimum Gasteiger partial charge on any atom is -0.430 e. The van der Waals surface area contributed by atoms with Crippen LogP contribution in [-0.2, 0) is 9.39 Å². The zero-order chi connectivity index (χ0) is 8.81. The maximum absolute atomic E-state index is 8.57. The second kappa shape index (κ2) is 5.32. The standard InChI is InChI=1S/C7H14BNO3/c9-5-11-6-3-1-2-4-7(6)12-8-10/h1-2,6-8,10H,3-5,9H2/t6?,7-/m1/s1. The van der Waals surface area contributed by atoms with Crippen molar-refractivity contribution in [2.45, 2.75) is 25.0 Å². The van der Waals surface area contributed by atoms with Gasteiger partial charge in [-0.3, -0.25) is 0 Å². The molecule has 1 unspecified atom stereocenters. The summed E-state index contributed by atoms with van der Waals surface area (Å²) in [6, 6.07) is 0. The zero-order valence-electron chi connectivity index (χ0n) is 6.98. The van der Waals surface area contributed by atoms with Crippen LogP contribution < -0.4 is 5.73 Å². The van der Waals surface area contributed by atoms with Gasteiger partial charge in [0.05, 0.1) is 18.9 Å². The molecule has 0 aromatic rings. The van der Waals surface area contributed by atoms with Gasteiger partial charge in [-0.25, -0.2) is 0 Å². The van der Waals surface area contributed by atoms with Gasteiger partial charge in [0.2, 0.25) is 0 Å². The van der Waals surface area contributed by atoms with E-state index >= 15 is 0 Å². The molecule has 0 aromatic heterocycles. The van der Waals surface area contributed by atoms with E-state index in [4.69, 9.17) is 20.1 Å². The minimum absolute atomic E-state index is 0.00727. The van der Waals surface area contributed by atoms with Gasteiger partial charge in [0.1, 0.15) is 0 Å². The average Bonchev–Trinajstić information content (AvgIpc) is 2.09. The summed E-state index contributed by atoms with van der Waals surface area (Å²) >= 11 is 0. The summed E-state index contributed by atoms with van der Waals surface area (Å²) < 4.78 is 10.3. The summed E-state index contributed by atoms with van der Waals surface area (Å²) in [5, 5.41) is 8.57. The summed E-state index contributed by atoms with van der Waals surface area (Å²) in [6.07, 6.45) is 5.59. The van der Waals surface area contributed by atoms with Crippen molar-refractivity contribution in [1.82, 2.24) is 0 Å². The predicted molar refractivity (Wildman–Crippen MR) is 46.5 cm³/mol. The van der Waals surface area contributed by atoms with Crippen molar-refractivity contribution in [3.8, 4) is 0 Å². The maximum atomic E-state index is 8.57. The van der Waals surface area contributed by atoms with E-state index in [2.05, 4.69) is 0 Å². The monoisotopic (exact) mass is 171 g/mol. The molecular formula is C7H14BNO3. The molecule has 12 heavy (non-hydrogen) atoms. The Labute approximate surface area is 72.7 Å². The number of hydrogen-bond donors (Lipinski definition) is 2. The first-order valence-corrected chi connectivity index (χ1v) is 4.07. The van der Waals surface area contributed by atoms with Gasteiger partial charge in [-0.1, -0.05) is 12.2 Å². The fraction of sp³-hybridized carbons (Fsp3) is 0.714. The fourth-order valence-electron chi connectivity index (χ4n) is 1.33. The van der Waals surface area contributed by atoms with E-state index in [0.717, 1.165) is 12.8 Å². The van der Waals surface area contributed by atoms with Crippen molar-refractivity contribution in [2.24, 2.45) is 5.73 Å². The van der Waals surface area contributed by atoms with E-state index in [0.29, 0.717) is 0 Å². The van der Waals surface area contributed by atoms with Crippen molar-refractivity contribution in [2.75, 3.05) is 6.73 Å². The summed E-state index contributed by atoms with van der Waals surface area (Å²) in [4.78, 5) is 0. The molecule has 4 nitrogen and oxygen atoms in total. The van der Waals surface area contributed by atoms with Crippen LogP contribution in [0.2, 0.25) is 0 Å². The molecule has 0 aromatic carbocycles. The Morgan fingerprint density at radius 3 is 2.67 bits per heavy atom. The predicted octanol–water partition coefficient (Wildman–Crippen LogP) is -0.718. The lowest BCUT2D eigenvalue weighted by Gasteiger charge is -2.27. The molecule has 0 radical (unpaired) electrons. The highest BCUT2D eigenvalue weighted by Crippen LogP contribution is 2.17. The molecule has 0 bridgehead atoms. The van der Waals surface area contributed by atoms with Crippen LogP contribution in [0.15, 0.2) is 12.2 Å². The van der Waals surface area contributed by atoms with Crippen LogP contribution in [0.5, 0.6) is 0 Å². The van der Waals surface area contributed by atoms with Gasteiger partial charge in [0.25, 0.3) is 0 Å². The second-order valence-corrected chi connectivity index (χ2v) is 2.65. The molecule has 1 aliphatic rings. The third-order valence-corrected chi connectivity index (χ3v) is 1.92. The first kappa shape index (κ1) is 9.73. The molecule has 0 aliphatic heterocycles. The van der Waals surface area contributed by atoms with E-state index in [1.807, 2.05) is 12.2 Å². The van der Waals surface area contributed by atoms with Crippen molar-refractivity contribution >= 4 is 7.69 Å². The molecule has 3 N–H and O–H groups in total. The van der Waals surface area contributed by atoms with Gasteiger partial charge in [-0.2, -0.15) is 0 Å². The van der Waals surface area contributed by atoms with Gasteiger partial charge in [0, 0.05) is 0 Å². The van der Waals surface area contributed by atoms with Crippen molar-refractivity contribution in [3.63, 3.8) is 0 Å². The number of rotatable bonds is 4. The van der Waals surface area contributed by atoms with Gasteiger partial charge in [0.15, 0.2) is 0 Å². The van der Waals surface area contributed by atoms with Gasteiger partial charge < -0.3 is 20.1 Å². The molecule has 0 heterocycles. The lowest BCUT2D eigenvalue weighted by atomic mass is 10.0. The normalized spacial score (nSPS) is 28.8. The van der Waals surface area contributed by atoms with E-state index in [1.165, 1.54) is 0 Å². The molecule has 0 amide bonds. The van der Waals surface area contributed by atoms with Crippen LogP contribution in [-0.4, -0.2) is 31.6 Å². The lowest BCUT2D eigenvalue weighted by molar-refractivity contribution is -0.0274. The van der Waals surface area contributed by atoms with Crippen LogP contribution in [0.1, 0.15) is 12.8 Å². The third-order valence-electron chi connectivity index (χ3n) is 1.92. The van der Waals surface area contributed by atoms with Crippen LogP contribution in [0, 0.1) is 0 Å². The number of hydrogen-bond acceptors (Lipinski definition) is 4. The molecule has 5 heteroatoms.